The van der Waals surface area contributed by atoms with Gasteiger partial charge in [0, 0.05) is 30.6 Å². The SMILES string of the molecule is Cc1nc(COCc2n[nH]c3c2CN(CC2CC2)C3)cs1. The molecule has 1 fully saturated rings. The van der Waals surface area contributed by atoms with Gasteiger partial charge in [-0.3, -0.25) is 10.00 Å². The van der Waals surface area contributed by atoms with Crippen LogP contribution in [0.2, 0.25) is 0 Å². The number of aromatic nitrogens is 3. The molecule has 4 rings (SSSR count). The molecule has 2 aliphatic rings. The van der Waals surface area contributed by atoms with Crippen molar-refractivity contribution in [1.29, 1.82) is 0 Å². The summed E-state index contributed by atoms with van der Waals surface area (Å²) in [5.74, 6) is 0.939. The number of rotatable bonds is 6. The Hall–Kier alpha value is -1.24. The van der Waals surface area contributed by atoms with Crippen LogP contribution >= 0.6 is 11.3 Å². The Morgan fingerprint density at radius 3 is 3.05 bits per heavy atom. The lowest BCUT2D eigenvalue weighted by Crippen LogP contribution is -2.20. The summed E-state index contributed by atoms with van der Waals surface area (Å²) in [6.07, 6.45) is 2.82. The van der Waals surface area contributed by atoms with E-state index in [2.05, 4.69) is 25.5 Å². The number of hydrogen-bond acceptors (Lipinski definition) is 5. The molecule has 0 saturated heterocycles. The minimum Gasteiger partial charge on any atom is -0.369 e. The zero-order valence-corrected chi connectivity index (χ0v) is 13.1. The highest BCUT2D eigenvalue weighted by molar-refractivity contribution is 7.09. The van der Waals surface area contributed by atoms with Crippen molar-refractivity contribution in [3.05, 3.63) is 33.0 Å². The van der Waals surface area contributed by atoms with Gasteiger partial charge in [0.25, 0.3) is 0 Å². The number of aryl methyl sites for hydroxylation is 1. The normalized spacial score (nSPS) is 18.3. The van der Waals surface area contributed by atoms with Gasteiger partial charge >= 0.3 is 0 Å². The molecule has 0 radical (unpaired) electrons. The second kappa shape index (κ2) is 5.51. The zero-order chi connectivity index (χ0) is 14.2. The summed E-state index contributed by atoms with van der Waals surface area (Å²) in [4.78, 5) is 6.93. The minimum atomic E-state index is 0.567. The molecule has 1 aliphatic heterocycles. The van der Waals surface area contributed by atoms with Crippen LogP contribution in [0.4, 0.5) is 0 Å². The molecular weight excluding hydrogens is 284 g/mol. The average Bonchev–Trinajstić information content (AvgIpc) is 2.85. The first-order chi connectivity index (χ1) is 10.3. The van der Waals surface area contributed by atoms with Gasteiger partial charge in [0.1, 0.15) is 0 Å². The van der Waals surface area contributed by atoms with E-state index in [4.69, 9.17) is 4.74 Å². The second-order valence-corrected chi connectivity index (χ2v) is 7.15. The third-order valence-corrected chi connectivity index (χ3v) is 4.99. The number of nitrogens with zero attached hydrogens (tertiary/aromatic N) is 3. The number of aromatic amines is 1. The van der Waals surface area contributed by atoms with Crippen molar-refractivity contribution in [2.24, 2.45) is 5.92 Å². The Labute approximate surface area is 128 Å². The molecule has 21 heavy (non-hydrogen) atoms. The summed E-state index contributed by atoms with van der Waals surface area (Å²) in [5, 5.41) is 10.7. The van der Waals surface area contributed by atoms with Crippen LogP contribution in [0.5, 0.6) is 0 Å². The van der Waals surface area contributed by atoms with Crippen molar-refractivity contribution in [2.45, 2.75) is 46.1 Å². The number of hydrogen-bond donors (Lipinski definition) is 1. The van der Waals surface area contributed by atoms with Gasteiger partial charge in [-0.1, -0.05) is 0 Å². The van der Waals surface area contributed by atoms with Crippen LogP contribution in [0.25, 0.3) is 0 Å². The molecule has 0 spiro atoms. The predicted octanol–water partition coefficient (Wildman–Crippen LogP) is 2.62. The van der Waals surface area contributed by atoms with E-state index < -0.39 is 0 Å². The Morgan fingerprint density at radius 2 is 2.29 bits per heavy atom. The Kier molecular flexibility index (Phi) is 3.52. The van der Waals surface area contributed by atoms with E-state index in [0.717, 1.165) is 35.4 Å². The molecule has 0 bridgehead atoms. The van der Waals surface area contributed by atoms with E-state index in [9.17, 15) is 0 Å². The van der Waals surface area contributed by atoms with Crippen LogP contribution in [-0.2, 0) is 31.0 Å². The van der Waals surface area contributed by atoms with Crippen LogP contribution in [0.15, 0.2) is 5.38 Å². The number of ether oxygens (including phenoxy) is 1. The number of fused-ring (bicyclic) bond motifs is 1. The highest BCUT2D eigenvalue weighted by Crippen LogP contribution is 2.33. The standard InChI is InChI=1S/C15H20N4OS/c1-10-16-12(9-21-10)7-20-8-15-13-5-19(4-11-2-3-11)6-14(13)17-18-15/h9,11H,2-8H2,1H3,(H,17,18). The fraction of sp³-hybridized carbons (Fsp3) is 0.600. The first kappa shape index (κ1) is 13.4. The lowest BCUT2D eigenvalue weighted by Gasteiger charge is -2.14. The lowest BCUT2D eigenvalue weighted by molar-refractivity contribution is 0.101. The molecule has 1 aliphatic carbocycles. The summed E-state index contributed by atoms with van der Waals surface area (Å²) >= 11 is 1.66. The second-order valence-electron chi connectivity index (χ2n) is 6.09. The molecule has 0 amide bonds. The lowest BCUT2D eigenvalue weighted by atomic mass is 10.2. The van der Waals surface area contributed by atoms with E-state index in [1.807, 2.05) is 6.92 Å². The van der Waals surface area contributed by atoms with Crippen LogP contribution in [0.1, 0.15) is 40.5 Å². The van der Waals surface area contributed by atoms with Crippen molar-refractivity contribution >= 4 is 11.3 Å². The van der Waals surface area contributed by atoms with Gasteiger partial charge in [-0.05, 0) is 25.7 Å². The topological polar surface area (TPSA) is 54.0 Å². The van der Waals surface area contributed by atoms with Gasteiger partial charge < -0.3 is 4.74 Å². The molecule has 0 aromatic carbocycles. The Morgan fingerprint density at radius 1 is 1.38 bits per heavy atom. The summed E-state index contributed by atoms with van der Waals surface area (Å²) in [6.45, 7) is 6.43. The molecule has 2 aromatic rings. The van der Waals surface area contributed by atoms with E-state index in [0.29, 0.717) is 13.2 Å². The largest absolute Gasteiger partial charge is 0.369 e. The number of H-pyrrole nitrogens is 1. The Bertz CT molecular complexity index is 631. The highest BCUT2D eigenvalue weighted by atomic mass is 32.1. The van der Waals surface area contributed by atoms with Gasteiger partial charge in [-0.2, -0.15) is 5.10 Å². The fourth-order valence-corrected chi connectivity index (χ4v) is 3.50. The molecular formula is C15H20N4OS. The summed E-state index contributed by atoms with van der Waals surface area (Å²) in [6, 6.07) is 0. The highest BCUT2D eigenvalue weighted by Gasteiger charge is 2.30. The van der Waals surface area contributed by atoms with E-state index >= 15 is 0 Å². The minimum absolute atomic E-state index is 0.567. The van der Waals surface area contributed by atoms with Crippen LogP contribution in [0, 0.1) is 12.8 Å². The maximum absolute atomic E-state index is 5.77. The summed E-state index contributed by atoms with van der Waals surface area (Å²) < 4.78 is 5.77. The van der Waals surface area contributed by atoms with Crippen LogP contribution < -0.4 is 0 Å². The molecule has 6 heteroatoms. The van der Waals surface area contributed by atoms with Gasteiger partial charge in [0.05, 0.1) is 35.3 Å². The first-order valence-electron chi connectivity index (χ1n) is 7.54. The van der Waals surface area contributed by atoms with Gasteiger partial charge in [-0.15, -0.1) is 11.3 Å². The molecule has 5 nitrogen and oxygen atoms in total. The summed E-state index contributed by atoms with van der Waals surface area (Å²) in [5.41, 5.74) is 4.71. The van der Waals surface area contributed by atoms with E-state index in [1.54, 1.807) is 11.3 Å². The monoisotopic (exact) mass is 304 g/mol. The van der Waals surface area contributed by atoms with Crippen LogP contribution in [0.3, 0.4) is 0 Å². The molecule has 1 saturated carbocycles. The zero-order valence-electron chi connectivity index (χ0n) is 12.3. The van der Waals surface area contributed by atoms with Crippen LogP contribution in [-0.4, -0.2) is 26.6 Å². The average molecular weight is 304 g/mol. The van der Waals surface area contributed by atoms with Crippen molar-refractivity contribution < 1.29 is 4.74 Å². The van der Waals surface area contributed by atoms with Gasteiger partial charge in [0.2, 0.25) is 0 Å². The van der Waals surface area contributed by atoms with Gasteiger partial charge in [0.15, 0.2) is 0 Å². The first-order valence-corrected chi connectivity index (χ1v) is 8.42. The molecule has 2 aromatic heterocycles. The van der Waals surface area contributed by atoms with Crippen molar-refractivity contribution in [1.82, 2.24) is 20.1 Å². The fourth-order valence-electron chi connectivity index (χ4n) is 2.91. The van der Waals surface area contributed by atoms with Gasteiger partial charge in [-0.25, -0.2) is 4.98 Å². The van der Waals surface area contributed by atoms with Crippen molar-refractivity contribution in [2.75, 3.05) is 6.54 Å². The predicted molar refractivity (Wildman–Crippen MR) is 80.8 cm³/mol. The molecule has 0 atom stereocenters. The van der Waals surface area contributed by atoms with Crippen molar-refractivity contribution in [3.63, 3.8) is 0 Å². The molecule has 112 valence electrons. The third-order valence-electron chi connectivity index (χ3n) is 4.17. The van der Waals surface area contributed by atoms with E-state index in [-0.39, 0.29) is 0 Å². The number of thiazole rings is 1. The Balaban J connectivity index is 1.32. The maximum Gasteiger partial charge on any atom is 0.0927 e. The maximum atomic E-state index is 5.77. The van der Waals surface area contributed by atoms with Crippen molar-refractivity contribution in [3.8, 4) is 0 Å². The molecule has 1 N–H and O–H groups in total. The number of nitrogens with one attached hydrogen (secondary N) is 1. The molecule has 3 heterocycles. The third kappa shape index (κ3) is 3.02. The quantitative estimate of drug-likeness (QED) is 0.891. The van der Waals surface area contributed by atoms with E-state index in [1.165, 1.54) is 30.6 Å². The molecule has 0 unspecified atom stereocenters. The summed E-state index contributed by atoms with van der Waals surface area (Å²) in [7, 11) is 0. The smallest absolute Gasteiger partial charge is 0.0927 e.